The van der Waals surface area contributed by atoms with Gasteiger partial charge in [0, 0.05) is 23.6 Å². The Hall–Kier alpha value is -2.58. The van der Waals surface area contributed by atoms with Crippen LogP contribution in [0.3, 0.4) is 0 Å². The van der Waals surface area contributed by atoms with E-state index in [1.54, 1.807) is 20.2 Å². The molecule has 0 bridgehead atoms. The Bertz CT molecular complexity index is 1770. The molecule has 232 valence electrons. The summed E-state index contributed by atoms with van der Waals surface area (Å²) in [5, 5.41) is 29.3. The molecule has 11 nitrogen and oxygen atoms in total. The molecule has 0 spiro atoms. The molecule has 6 rings (SSSR count). The Morgan fingerprint density at radius 3 is 2.42 bits per heavy atom. The van der Waals surface area contributed by atoms with Crippen LogP contribution in [0.5, 0.6) is 0 Å². The van der Waals surface area contributed by atoms with Crippen LogP contribution in [0.1, 0.15) is 82.7 Å². The van der Waals surface area contributed by atoms with Crippen molar-refractivity contribution in [2.24, 2.45) is 0 Å². The molecular weight excluding hydrogens is 596 g/mol. The van der Waals surface area contributed by atoms with Crippen molar-refractivity contribution in [2.75, 3.05) is 0 Å². The zero-order valence-electron chi connectivity index (χ0n) is 25.8. The van der Waals surface area contributed by atoms with Crippen molar-refractivity contribution in [3.8, 4) is 22.5 Å². The first-order valence-corrected chi connectivity index (χ1v) is 15.5. The molecule has 3 heterocycles. The molecule has 0 aliphatic heterocycles. The quantitative estimate of drug-likeness (QED) is 0.217. The van der Waals surface area contributed by atoms with E-state index in [-0.39, 0.29) is 75.2 Å². The third kappa shape index (κ3) is 7.22. The second-order valence-corrected chi connectivity index (χ2v) is 12.4. The first-order valence-electron chi connectivity index (χ1n) is 15.5. The molecule has 0 radical (unpaired) electrons. The maximum atomic E-state index is 14.3. The van der Waals surface area contributed by atoms with Gasteiger partial charge in [-0.1, -0.05) is 61.9 Å². The minimum absolute atomic E-state index is 0. The molecule has 0 saturated heterocycles. The first-order chi connectivity index (χ1) is 21.2. The maximum absolute atomic E-state index is 14.3. The zero-order chi connectivity index (χ0) is 30.8. The van der Waals surface area contributed by atoms with E-state index in [9.17, 15) is 9.90 Å². The molecule has 1 fully saturated rings. The van der Waals surface area contributed by atoms with Gasteiger partial charge in [-0.3, -0.25) is 9.36 Å². The van der Waals surface area contributed by atoms with Gasteiger partial charge in [0.15, 0.2) is 5.82 Å². The molecule has 3 aromatic heterocycles. The van der Waals surface area contributed by atoms with Crippen molar-refractivity contribution in [1.82, 2.24) is 39.8 Å². The van der Waals surface area contributed by atoms with E-state index >= 15 is 0 Å². The number of hydrogen-bond acceptors (Lipinski definition) is 8. The van der Waals surface area contributed by atoms with Gasteiger partial charge in [-0.2, -0.15) is 10.1 Å². The second kappa shape index (κ2) is 14.5. The van der Waals surface area contributed by atoms with E-state index in [1.165, 1.54) is 0 Å². The minimum atomic E-state index is -0.901. The SMILES string of the molecule is CCCc1c(Cc2ccc(-c3ccccc3-c3nnn[nH]3)cc2)c(=O)n(C2CCC(OC(C)C(C)(C)O)CC2)c2ncnn12.[KH]. The van der Waals surface area contributed by atoms with Crippen LogP contribution >= 0.6 is 0 Å². The number of nitrogens with zero attached hydrogens (tertiary/aromatic N) is 7. The molecular formula is C33H41KN8O3. The average molecular weight is 637 g/mol. The third-order valence-corrected chi connectivity index (χ3v) is 8.89. The molecule has 0 amide bonds. The number of tetrazole rings is 1. The second-order valence-electron chi connectivity index (χ2n) is 12.4. The van der Waals surface area contributed by atoms with E-state index < -0.39 is 5.60 Å². The van der Waals surface area contributed by atoms with Crippen LogP contribution in [0.25, 0.3) is 28.3 Å². The summed E-state index contributed by atoms with van der Waals surface area (Å²) in [6.45, 7) is 7.57. The van der Waals surface area contributed by atoms with Crippen LogP contribution in [0.2, 0.25) is 0 Å². The Balaban J connectivity index is 0.00000400. The van der Waals surface area contributed by atoms with Crippen molar-refractivity contribution in [1.29, 1.82) is 0 Å². The van der Waals surface area contributed by atoms with E-state index in [0.717, 1.165) is 72.0 Å². The Morgan fingerprint density at radius 2 is 1.78 bits per heavy atom. The summed E-state index contributed by atoms with van der Waals surface area (Å²) in [4.78, 5) is 18.9. The number of aliphatic hydroxyl groups is 1. The number of aromatic nitrogens is 8. The van der Waals surface area contributed by atoms with Gasteiger partial charge in [0.25, 0.3) is 5.56 Å². The Labute approximate surface area is 305 Å². The third-order valence-electron chi connectivity index (χ3n) is 8.89. The number of nitrogens with one attached hydrogen (secondary N) is 1. The van der Waals surface area contributed by atoms with Crippen molar-refractivity contribution in [3.63, 3.8) is 0 Å². The topological polar surface area (TPSA) is 136 Å². The fourth-order valence-corrected chi connectivity index (χ4v) is 6.19. The molecule has 45 heavy (non-hydrogen) atoms. The summed E-state index contributed by atoms with van der Waals surface area (Å²) in [6, 6.07) is 16.3. The summed E-state index contributed by atoms with van der Waals surface area (Å²) in [7, 11) is 0. The summed E-state index contributed by atoms with van der Waals surface area (Å²) >= 11 is 0. The first kappa shape index (κ1) is 33.8. The molecule has 1 aliphatic rings. The standard InChI is InChI=1S/C33H40N8O3.K.H/c1-5-8-29-28(19-22-11-13-23(14-12-22)26-9-6-7-10-27(26)30-36-38-39-37-30)31(42)40(32-34-20-35-41(29)32)24-15-17-25(18-16-24)44-21(2)33(3,4)43;;/h6-7,9-14,20-21,24-25,43H,5,8,15-19H2,1-4H3,(H,36,37,38,39);;. The van der Waals surface area contributed by atoms with Gasteiger partial charge in [-0.15, -0.1) is 5.10 Å². The predicted molar refractivity (Wildman–Crippen MR) is 174 cm³/mol. The van der Waals surface area contributed by atoms with Crippen LogP contribution in [-0.4, -0.2) is 114 Å². The fourth-order valence-electron chi connectivity index (χ4n) is 6.19. The van der Waals surface area contributed by atoms with Gasteiger partial charge in [0.05, 0.1) is 23.5 Å². The molecule has 1 saturated carbocycles. The van der Waals surface area contributed by atoms with Gasteiger partial charge in [0.1, 0.15) is 6.33 Å². The molecule has 1 aliphatic carbocycles. The van der Waals surface area contributed by atoms with Crippen LogP contribution in [0, 0.1) is 0 Å². The summed E-state index contributed by atoms with van der Waals surface area (Å²) in [5.41, 5.74) is 4.82. The van der Waals surface area contributed by atoms with E-state index in [2.05, 4.69) is 68.0 Å². The number of aromatic amines is 1. The number of rotatable bonds is 10. The predicted octanol–water partition coefficient (Wildman–Crippen LogP) is 4.29. The van der Waals surface area contributed by atoms with E-state index in [1.807, 2.05) is 34.2 Å². The van der Waals surface area contributed by atoms with Crippen LogP contribution in [0.4, 0.5) is 0 Å². The van der Waals surface area contributed by atoms with Crippen LogP contribution < -0.4 is 5.56 Å². The van der Waals surface area contributed by atoms with Gasteiger partial charge in [-0.05, 0) is 80.0 Å². The van der Waals surface area contributed by atoms with Crippen molar-refractivity contribution in [3.05, 3.63) is 82.0 Å². The molecule has 2 N–H and O–H groups in total. The Kier molecular flexibility index (Phi) is 10.8. The molecule has 1 atom stereocenters. The molecule has 5 aromatic rings. The number of H-pyrrole nitrogens is 1. The Morgan fingerprint density at radius 1 is 1.07 bits per heavy atom. The van der Waals surface area contributed by atoms with Gasteiger partial charge in [-0.25, -0.2) is 9.61 Å². The number of benzene rings is 2. The fraction of sp³-hybridized carbons (Fsp3) is 0.455. The van der Waals surface area contributed by atoms with E-state index in [0.29, 0.717) is 18.0 Å². The number of hydrogen-bond donors (Lipinski definition) is 2. The van der Waals surface area contributed by atoms with Crippen LogP contribution in [0.15, 0.2) is 59.7 Å². The summed E-state index contributed by atoms with van der Waals surface area (Å²) < 4.78 is 9.92. The van der Waals surface area contributed by atoms with Gasteiger partial charge in [0.2, 0.25) is 5.78 Å². The number of ether oxygens (including phenoxy) is 1. The summed E-state index contributed by atoms with van der Waals surface area (Å²) in [6.07, 6.45) is 6.68. The van der Waals surface area contributed by atoms with Crippen molar-refractivity contribution < 1.29 is 9.84 Å². The molecule has 12 heteroatoms. The molecule has 1 unspecified atom stereocenters. The zero-order valence-corrected chi connectivity index (χ0v) is 25.8. The van der Waals surface area contributed by atoms with Crippen molar-refractivity contribution in [2.45, 2.75) is 96.5 Å². The number of fused-ring (bicyclic) bond motifs is 1. The van der Waals surface area contributed by atoms with Crippen molar-refractivity contribution >= 4 is 57.2 Å². The van der Waals surface area contributed by atoms with E-state index in [4.69, 9.17) is 4.74 Å². The molecule has 2 aromatic carbocycles. The van der Waals surface area contributed by atoms with Crippen LogP contribution in [-0.2, 0) is 17.6 Å². The van der Waals surface area contributed by atoms with Gasteiger partial charge >= 0.3 is 51.4 Å². The summed E-state index contributed by atoms with van der Waals surface area (Å²) in [5.74, 6) is 1.22. The van der Waals surface area contributed by atoms with Gasteiger partial charge < -0.3 is 9.84 Å². The monoisotopic (exact) mass is 636 g/mol. The normalized spacial score (nSPS) is 17.7. The average Bonchev–Trinajstić information content (AvgIpc) is 3.73. The number of aryl methyl sites for hydroxylation is 1.